The summed E-state index contributed by atoms with van der Waals surface area (Å²) >= 11 is 0. The number of hydrogen-bond donors (Lipinski definition) is 1. The number of rotatable bonds is 5. The Kier molecular flexibility index (Phi) is 5.98. The van der Waals surface area contributed by atoms with E-state index in [0.717, 1.165) is 0 Å². The molecule has 27 heavy (non-hydrogen) atoms. The summed E-state index contributed by atoms with van der Waals surface area (Å²) in [5.74, 6) is -0.135. The average molecular weight is 365 g/mol. The summed E-state index contributed by atoms with van der Waals surface area (Å²) in [5, 5.41) is 2.83. The van der Waals surface area contributed by atoms with Gasteiger partial charge in [-0.2, -0.15) is 0 Å². The molecule has 0 spiro atoms. The standard InChI is InChI=1S/C21H23N3O3/c1-16(25)18-8-5-9-19(14-18)22-20(26)15-23-10-12-24(13-11-23)21(27)17-6-3-2-4-7-17/h2-9,14H,10-13,15H2,1H3,(H,22,26). The minimum absolute atomic E-state index is 0.0285. The van der Waals surface area contributed by atoms with Gasteiger partial charge < -0.3 is 10.2 Å². The Bertz CT molecular complexity index is 828. The third-order valence-electron chi connectivity index (χ3n) is 4.60. The summed E-state index contributed by atoms with van der Waals surface area (Å²) in [7, 11) is 0. The molecule has 2 aromatic carbocycles. The van der Waals surface area contributed by atoms with Crippen LogP contribution in [0.3, 0.4) is 0 Å². The highest BCUT2D eigenvalue weighted by Crippen LogP contribution is 2.12. The maximum Gasteiger partial charge on any atom is 0.253 e. The van der Waals surface area contributed by atoms with Crippen molar-refractivity contribution < 1.29 is 14.4 Å². The lowest BCUT2D eigenvalue weighted by molar-refractivity contribution is -0.117. The maximum atomic E-state index is 12.5. The van der Waals surface area contributed by atoms with E-state index in [9.17, 15) is 14.4 Å². The summed E-state index contributed by atoms with van der Waals surface area (Å²) < 4.78 is 0. The van der Waals surface area contributed by atoms with Crippen molar-refractivity contribution in [1.82, 2.24) is 9.80 Å². The SMILES string of the molecule is CC(=O)c1cccc(NC(=O)CN2CCN(C(=O)c3ccccc3)CC2)c1. The van der Waals surface area contributed by atoms with Crippen LogP contribution in [-0.4, -0.2) is 60.1 Å². The zero-order valence-corrected chi connectivity index (χ0v) is 15.4. The molecule has 0 atom stereocenters. The molecule has 0 aromatic heterocycles. The molecule has 2 aromatic rings. The first kappa shape index (κ1) is 18.8. The monoisotopic (exact) mass is 365 g/mol. The highest BCUT2D eigenvalue weighted by Gasteiger charge is 2.23. The highest BCUT2D eigenvalue weighted by atomic mass is 16.2. The topological polar surface area (TPSA) is 69.7 Å². The van der Waals surface area contributed by atoms with Gasteiger partial charge >= 0.3 is 0 Å². The fourth-order valence-electron chi connectivity index (χ4n) is 3.09. The second-order valence-electron chi connectivity index (χ2n) is 6.62. The Labute approximate surface area is 158 Å². The number of nitrogens with zero attached hydrogens (tertiary/aromatic N) is 2. The Morgan fingerprint density at radius 1 is 0.889 bits per heavy atom. The van der Waals surface area contributed by atoms with Crippen molar-refractivity contribution in [3.8, 4) is 0 Å². The van der Waals surface area contributed by atoms with Gasteiger partial charge in [0.15, 0.2) is 5.78 Å². The lowest BCUT2D eigenvalue weighted by Crippen LogP contribution is -2.50. The highest BCUT2D eigenvalue weighted by molar-refractivity contribution is 5.97. The smallest absolute Gasteiger partial charge is 0.253 e. The number of nitrogens with one attached hydrogen (secondary N) is 1. The summed E-state index contributed by atoms with van der Waals surface area (Å²) in [4.78, 5) is 40.0. The first-order valence-corrected chi connectivity index (χ1v) is 9.00. The first-order valence-electron chi connectivity index (χ1n) is 9.00. The lowest BCUT2D eigenvalue weighted by atomic mass is 10.1. The second kappa shape index (κ2) is 8.60. The Balaban J connectivity index is 1.49. The largest absolute Gasteiger partial charge is 0.336 e. The zero-order chi connectivity index (χ0) is 19.2. The minimum atomic E-state index is -0.126. The third-order valence-corrected chi connectivity index (χ3v) is 4.60. The quantitative estimate of drug-likeness (QED) is 0.826. The van der Waals surface area contributed by atoms with Crippen molar-refractivity contribution in [3.63, 3.8) is 0 Å². The fourth-order valence-corrected chi connectivity index (χ4v) is 3.09. The van der Waals surface area contributed by atoms with E-state index in [4.69, 9.17) is 0 Å². The minimum Gasteiger partial charge on any atom is -0.336 e. The van der Waals surface area contributed by atoms with Crippen LogP contribution in [0.1, 0.15) is 27.6 Å². The number of hydrogen-bond acceptors (Lipinski definition) is 4. The van der Waals surface area contributed by atoms with Crippen LogP contribution in [0.2, 0.25) is 0 Å². The molecular weight excluding hydrogens is 342 g/mol. The lowest BCUT2D eigenvalue weighted by Gasteiger charge is -2.34. The molecule has 1 aliphatic heterocycles. The van der Waals surface area contributed by atoms with E-state index >= 15 is 0 Å². The number of Topliss-reactive ketones (excluding diaryl/α,β-unsaturated/α-hetero) is 1. The van der Waals surface area contributed by atoms with Gasteiger partial charge in [-0.3, -0.25) is 19.3 Å². The van der Waals surface area contributed by atoms with E-state index in [1.807, 2.05) is 40.1 Å². The van der Waals surface area contributed by atoms with Crippen molar-refractivity contribution in [1.29, 1.82) is 0 Å². The number of anilines is 1. The van der Waals surface area contributed by atoms with E-state index in [2.05, 4.69) is 5.32 Å². The number of amides is 2. The van der Waals surface area contributed by atoms with Gasteiger partial charge in [0, 0.05) is 43.0 Å². The zero-order valence-electron chi connectivity index (χ0n) is 15.4. The van der Waals surface area contributed by atoms with Crippen LogP contribution in [0.4, 0.5) is 5.69 Å². The van der Waals surface area contributed by atoms with Crippen molar-refractivity contribution in [3.05, 3.63) is 65.7 Å². The van der Waals surface area contributed by atoms with Crippen LogP contribution in [0, 0.1) is 0 Å². The molecule has 1 aliphatic rings. The van der Waals surface area contributed by atoms with Crippen molar-refractivity contribution in [2.45, 2.75) is 6.92 Å². The van der Waals surface area contributed by atoms with Gasteiger partial charge in [-0.15, -0.1) is 0 Å². The normalized spacial score (nSPS) is 14.6. The molecule has 1 N–H and O–H groups in total. The van der Waals surface area contributed by atoms with Crippen LogP contribution in [0.25, 0.3) is 0 Å². The Morgan fingerprint density at radius 2 is 1.56 bits per heavy atom. The average Bonchev–Trinajstić information content (AvgIpc) is 2.69. The van der Waals surface area contributed by atoms with Crippen LogP contribution in [0.5, 0.6) is 0 Å². The predicted molar refractivity (Wildman–Crippen MR) is 104 cm³/mol. The molecule has 0 saturated carbocycles. The van der Waals surface area contributed by atoms with Crippen molar-refractivity contribution in [2.75, 3.05) is 38.0 Å². The summed E-state index contributed by atoms with van der Waals surface area (Å²) in [6.45, 7) is 4.26. The molecule has 2 amide bonds. The number of carbonyl (C=O) groups is 3. The molecule has 1 heterocycles. The van der Waals surface area contributed by atoms with Gasteiger partial charge in [0.25, 0.3) is 5.91 Å². The van der Waals surface area contributed by atoms with Crippen molar-refractivity contribution >= 4 is 23.3 Å². The molecule has 6 nitrogen and oxygen atoms in total. The van der Waals surface area contributed by atoms with E-state index < -0.39 is 0 Å². The fraction of sp³-hybridized carbons (Fsp3) is 0.286. The Hall–Kier alpha value is -2.99. The molecule has 140 valence electrons. The predicted octanol–water partition coefficient (Wildman–Crippen LogP) is 2.29. The molecule has 0 unspecified atom stereocenters. The summed E-state index contributed by atoms with van der Waals surface area (Å²) in [5.41, 5.74) is 1.88. The number of benzene rings is 2. The second-order valence-corrected chi connectivity index (χ2v) is 6.62. The summed E-state index contributed by atoms with van der Waals surface area (Å²) in [6, 6.07) is 16.1. The van der Waals surface area contributed by atoms with Gasteiger partial charge in [0.05, 0.1) is 6.54 Å². The van der Waals surface area contributed by atoms with Crippen LogP contribution < -0.4 is 5.32 Å². The molecule has 1 saturated heterocycles. The van der Waals surface area contributed by atoms with Gasteiger partial charge in [-0.25, -0.2) is 0 Å². The maximum absolute atomic E-state index is 12.5. The van der Waals surface area contributed by atoms with E-state index in [1.54, 1.807) is 24.3 Å². The number of ketones is 1. The van der Waals surface area contributed by atoms with Crippen molar-refractivity contribution in [2.24, 2.45) is 0 Å². The van der Waals surface area contributed by atoms with E-state index in [0.29, 0.717) is 43.0 Å². The van der Waals surface area contributed by atoms with Crippen LogP contribution in [0.15, 0.2) is 54.6 Å². The number of piperazine rings is 1. The van der Waals surface area contributed by atoms with E-state index in [-0.39, 0.29) is 24.1 Å². The van der Waals surface area contributed by atoms with Crippen LogP contribution in [-0.2, 0) is 4.79 Å². The van der Waals surface area contributed by atoms with E-state index in [1.165, 1.54) is 6.92 Å². The third kappa shape index (κ3) is 5.01. The molecule has 0 bridgehead atoms. The van der Waals surface area contributed by atoms with Gasteiger partial charge in [-0.05, 0) is 31.2 Å². The van der Waals surface area contributed by atoms with Gasteiger partial charge in [0.2, 0.25) is 5.91 Å². The Morgan fingerprint density at radius 3 is 2.22 bits per heavy atom. The van der Waals surface area contributed by atoms with Gasteiger partial charge in [-0.1, -0.05) is 30.3 Å². The number of carbonyl (C=O) groups excluding carboxylic acids is 3. The molecule has 1 fully saturated rings. The van der Waals surface area contributed by atoms with Gasteiger partial charge in [0.1, 0.15) is 0 Å². The molecule has 0 aliphatic carbocycles. The summed E-state index contributed by atoms with van der Waals surface area (Å²) in [6.07, 6.45) is 0. The molecule has 3 rings (SSSR count). The molecule has 0 radical (unpaired) electrons. The molecule has 6 heteroatoms. The van der Waals surface area contributed by atoms with Crippen LogP contribution >= 0.6 is 0 Å². The first-order chi connectivity index (χ1) is 13.0. The molecular formula is C21H23N3O3.